The Morgan fingerprint density at radius 2 is 2.20 bits per heavy atom. The molecule has 25 heavy (non-hydrogen) atoms. The molecule has 0 aromatic heterocycles. The fourth-order valence-electron chi connectivity index (χ4n) is 2.73. The molecule has 0 saturated carbocycles. The lowest BCUT2D eigenvalue weighted by molar-refractivity contribution is -0.124. The summed E-state index contributed by atoms with van der Waals surface area (Å²) in [6.07, 6.45) is 1.27. The van der Waals surface area contributed by atoms with E-state index < -0.39 is 5.82 Å². The van der Waals surface area contributed by atoms with Crippen molar-refractivity contribution in [3.63, 3.8) is 0 Å². The first-order valence-electron chi connectivity index (χ1n) is 8.10. The molecule has 2 aromatic rings. The van der Waals surface area contributed by atoms with Crippen LogP contribution < -0.4 is 10.6 Å². The summed E-state index contributed by atoms with van der Waals surface area (Å²) in [6, 6.07) is 13.4. The molecular weight excluding hydrogens is 321 g/mol. The van der Waals surface area contributed by atoms with Gasteiger partial charge < -0.3 is 15.4 Å². The van der Waals surface area contributed by atoms with Crippen LogP contribution in [0.1, 0.15) is 24.0 Å². The molecule has 0 radical (unpaired) electrons. The number of hydrogen-bond donors (Lipinski definition) is 2. The lowest BCUT2D eigenvalue weighted by Crippen LogP contribution is -2.26. The second-order valence-electron chi connectivity index (χ2n) is 5.85. The van der Waals surface area contributed by atoms with Crippen molar-refractivity contribution in [2.24, 2.45) is 0 Å². The number of benzene rings is 2. The number of hydrogen-bond acceptors (Lipinski definition) is 4. The molecule has 2 aromatic carbocycles. The molecule has 1 fully saturated rings. The van der Waals surface area contributed by atoms with Gasteiger partial charge in [0, 0.05) is 18.8 Å². The minimum atomic E-state index is -0.444. The van der Waals surface area contributed by atoms with Gasteiger partial charge in [0.1, 0.15) is 18.0 Å². The van der Waals surface area contributed by atoms with Gasteiger partial charge in [-0.3, -0.25) is 4.79 Å². The zero-order chi connectivity index (χ0) is 17.6. The first-order valence-corrected chi connectivity index (χ1v) is 8.10. The van der Waals surface area contributed by atoms with Crippen LogP contribution in [0.15, 0.2) is 42.5 Å². The van der Waals surface area contributed by atoms with Crippen LogP contribution in [0.25, 0.3) is 0 Å². The quantitative estimate of drug-likeness (QED) is 0.875. The van der Waals surface area contributed by atoms with Crippen molar-refractivity contribution in [3.8, 4) is 6.07 Å². The van der Waals surface area contributed by atoms with Crippen molar-refractivity contribution in [2.75, 3.05) is 17.2 Å². The van der Waals surface area contributed by atoms with Crippen molar-refractivity contribution in [2.45, 2.75) is 25.5 Å². The smallest absolute Gasteiger partial charge is 0.253 e. The standard InChI is InChI=1S/C19H18FN3O2/c20-15-6-7-17(14(10-15)11-21)22-12-13-3-1-4-16(9-13)23-19(24)18-5-2-8-25-18/h1,3-4,6-7,9-10,18,22H,2,5,8,12H2,(H,23,24). The van der Waals surface area contributed by atoms with Crippen LogP contribution in [0.2, 0.25) is 0 Å². The van der Waals surface area contributed by atoms with E-state index in [2.05, 4.69) is 10.6 Å². The number of ether oxygens (including phenoxy) is 1. The van der Waals surface area contributed by atoms with E-state index in [1.54, 1.807) is 0 Å². The molecule has 0 aliphatic carbocycles. The van der Waals surface area contributed by atoms with Crippen LogP contribution in [0.4, 0.5) is 15.8 Å². The van der Waals surface area contributed by atoms with Crippen LogP contribution in [0.5, 0.6) is 0 Å². The molecule has 5 nitrogen and oxygen atoms in total. The van der Waals surface area contributed by atoms with Gasteiger partial charge in [-0.15, -0.1) is 0 Å². The zero-order valence-electron chi connectivity index (χ0n) is 13.6. The molecule has 1 heterocycles. The zero-order valence-corrected chi connectivity index (χ0v) is 13.6. The largest absolute Gasteiger partial charge is 0.380 e. The predicted octanol–water partition coefficient (Wildman–Crippen LogP) is 3.43. The van der Waals surface area contributed by atoms with E-state index in [9.17, 15) is 9.18 Å². The number of nitrogens with zero attached hydrogens (tertiary/aromatic N) is 1. The number of nitrogens with one attached hydrogen (secondary N) is 2. The molecule has 1 unspecified atom stereocenters. The second-order valence-corrected chi connectivity index (χ2v) is 5.85. The summed E-state index contributed by atoms with van der Waals surface area (Å²) in [5.41, 5.74) is 2.44. The third-order valence-electron chi connectivity index (χ3n) is 4.00. The number of rotatable bonds is 5. The van der Waals surface area contributed by atoms with Gasteiger partial charge in [0.25, 0.3) is 5.91 Å². The molecule has 6 heteroatoms. The fourth-order valence-corrected chi connectivity index (χ4v) is 2.73. The molecule has 3 rings (SSSR count). The van der Waals surface area contributed by atoms with E-state index in [0.29, 0.717) is 24.5 Å². The third-order valence-corrected chi connectivity index (χ3v) is 4.00. The maximum atomic E-state index is 13.2. The Morgan fingerprint density at radius 3 is 2.96 bits per heavy atom. The van der Waals surface area contributed by atoms with Crippen LogP contribution in [-0.4, -0.2) is 18.6 Å². The molecule has 1 atom stereocenters. The number of nitriles is 1. The van der Waals surface area contributed by atoms with Gasteiger partial charge in [-0.2, -0.15) is 5.26 Å². The average Bonchev–Trinajstić information content (AvgIpc) is 3.15. The summed E-state index contributed by atoms with van der Waals surface area (Å²) in [7, 11) is 0. The Labute approximate surface area is 145 Å². The van der Waals surface area contributed by atoms with E-state index in [0.717, 1.165) is 18.4 Å². The van der Waals surface area contributed by atoms with Crippen molar-refractivity contribution >= 4 is 17.3 Å². The highest BCUT2D eigenvalue weighted by atomic mass is 19.1. The number of halogens is 1. The molecule has 0 bridgehead atoms. The first kappa shape index (κ1) is 16.9. The number of carbonyl (C=O) groups excluding carboxylic acids is 1. The summed E-state index contributed by atoms with van der Waals surface area (Å²) in [4.78, 5) is 12.1. The Balaban J connectivity index is 1.64. The minimum absolute atomic E-state index is 0.132. The number of carbonyl (C=O) groups is 1. The summed E-state index contributed by atoms with van der Waals surface area (Å²) < 4.78 is 18.5. The fraction of sp³-hybridized carbons (Fsp3) is 0.263. The predicted molar refractivity (Wildman–Crippen MR) is 92.5 cm³/mol. The van der Waals surface area contributed by atoms with E-state index >= 15 is 0 Å². The van der Waals surface area contributed by atoms with Gasteiger partial charge in [0.2, 0.25) is 0 Å². The topological polar surface area (TPSA) is 74.2 Å². The number of amides is 1. The number of anilines is 2. The summed E-state index contributed by atoms with van der Waals surface area (Å²) in [6.45, 7) is 1.07. The molecule has 1 saturated heterocycles. The second kappa shape index (κ2) is 7.77. The normalized spacial score (nSPS) is 16.2. The molecule has 1 aliphatic heterocycles. The molecule has 0 spiro atoms. The summed E-state index contributed by atoms with van der Waals surface area (Å²) in [5, 5.41) is 15.0. The Hall–Kier alpha value is -2.91. The minimum Gasteiger partial charge on any atom is -0.380 e. The maximum Gasteiger partial charge on any atom is 0.253 e. The van der Waals surface area contributed by atoms with Crippen LogP contribution in [0.3, 0.4) is 0 Å². The SMILES string of the molecule is N#Cc1cc(F)ccc1NCc1cccc(NC(=O)C2CCCO2)c1. The molecular formula is C19H18FN3O2. The van der Waals surface area contributed by atoms with Gasteiger partial charge in [-0.25, -0.2) is 4.39 Å². The molecule has 2 N–H and O–H groups in total. The molecule has 1 aliphatic rings. The van der Waals surface area contributed by atoms with E-state index in [1.165, 1.54) is 18.2 Å². The highest BCUT2D eigenvalue weighted by Gasteiger charge is 2.23. The maximum absolute atomic E-state index is 13.2. The third kappa shape index (κ3) is 4.34. The monoisotopic (exact) mass is 339 g/mol. The van der Waals surface area contributed by atoms with Gasteiger partial charge in [0.05, 0.1) is 11.3 Å². The summed E-state index contributed by atoms with van der Waals surface area (Å²) in [5.74, 6) is -0.575. The van der Waals surface area contributed by atoms with Crippen molar-refractivity contribution < 1.29 is 13.9 Å². The lowest BCUT2D eigenvalue weighted by Gasteiger charge is -2.12. The van der Waals surface area contributed by atoms with Gasteiger partial charge in [-0.1, -0.05) is 12.1 Å². The van der Waals surface area contributed by atoms with Crippen LogP contribution in [-0.2, 0) is 16.1 Å². The van der Waals surface area contributed by atoms with Gasteiger partial charge in [-0.05, 0) is 48.7 Å². The summed E-state index contributed by atoms with van der Waals surface area (Å²) >= 11 is 0. The van der Waals surface area contributed by atoms with Crippen LogP contribution >= 0.6 is 0 Å². The van der Waals surface area contributed by atoms with Crippen molar-refractivity contribution in [3.05, 3.63) is 59.4 Å². The van der Waals surface area contributed by atoms with Crippen LogP contribution in [0, 0.1) is 17.1 Å². The van der Waals surface area contributed by atoms with E-state index in [1.807, 2.05) is 30.3 Å². The van der Waals surface area contributed by atoms with Crippen molar-refractivity contribution in [1.82, 2.24) is 0 Å². The lowest BCUT2D eigenvalue weighted by atomic mass is 10.1. The Bertz CT molecular complexity index is 811. The Kier molecular flexibility index (Phi) is 5.26. The molecule has 1 amide bonds. The highest BCUT2D eigenvalue weighted by Crippen LogP contribution is 2.19. The van der Waals surface area contributed by atoms with Gasteiger partial charge >= 0.3 is 0 Å². The average molecular weight is 339 g/mol. The first-order chi connectivity index (χ1) is 12.2. The van der Waals surface area contributed by atoms with E-state index in [-0.39, 0.29) is 17.6 Å². The highest BCUT2D eigenvalue weighted by molar-refractivity contribution is 5.94. The molecule has 128 valence electrons. The van der Waals surface area contributed by atoms with E-state index in [4.69, 9.17) is 10.00 Å². The van der Waals surface area contributed by atoms with Crippen molar-refractivity contribution in [1.29, 1.82) is 5.26 Å². The van der Waals surface area contributed by atoms with Gasteiger partial charge in [0.15, 0.2) is 0 Å². The Morgan fingerprint density at radius 1 is 1.32 bits per heavy atom.